The summed E-state index contributed by atoms with van der Waals surface area (Å²) in [5, 5.41) is 3.11. The first-order valence-corrected chi connectivity index (χ1v) is 9.89. The van der Waals surface area contributed by atoms with Crippen LogP contribution < -0.4 is 10.0 Å². The van der Waals surface area contributed by atoms with E-state index in [-0.39, 0.29) is 11.7 Å². The average molecular weight is 384 g/mol. The molecule has 0 bridgehead atoms. The maximum Gasteiger partial charge on any atom is 0.216 e. The summed E-state index contributed by atoms with van der Waals surface area (Å²) in [7, 11) is -3.69. The highest BCUT2D eigenvalue weighted by Gasteiger charge is 2.30. The van der Waals surface area contributed by atoms with Crippen LogP contribution in [0.25, 0.3) is 0 Å². The van der Waals surface area contributed by atoms with Gasteiger partial charge in [-0.15, -0.1) is 0 Å². The van der Waals surface area contributed by atoms with Gasteiger partial charge in [0.2, 0.25) is 10.0 Å². The molecule has 2 atom stereocenters. The number of nitrogens with one attached hydrogen (secondary N) is 2. The Labute approximate surface area is 150 Å². The van der Waals surface area contributed by atoms with Gasteiger partial charge in [0, 0.05) is 18.5 Å². The second kappa shape index (κ2) is 7.77. The van der Waals surface area contributed by atoms with Crippen molar-refractivity contribution in [3.8, 4) is 0 Å². The van der Waals surface area contributed by atoms with Crippen LogP contribution in [0.3, 0.4) is 0 Å². The molecule has 0 aromatic heterocycles. The number of benzene rings is 2. The Kier molecular flexibility index (Phi) is 5.64. The van der Waals surface area contributed by atoms with Gasteiger partial charge in [-0.2, -0.15) is 0 Å². The molecule has 1 aliphatic rings. The Balaban J connectivity index is 1.76. The zero-order valence-corrected chi connectivity index (χ0v) is 14.7. The van der Waals surface area contributed by atoms with Crippen LogP contribution in [0.5, 0.6) is 0 Å². The molecule has 0 spiro atoms. The minimum absolute atomic E-state index is 0.269. The van der Waals surface area contributed by atoms with E-state index in [1.165, 1.54) is 30.3 Å². The summed E-state index contributed by atoms with van der Waals surface area (Å²) in [6.45, 7) is 1.03. The molecule has 1 fully saturated rings. The molecule has 8 heteroatoms. The molecule has 0 amide bonds. The number of sulfonamides is 1. The Morgan fingerprint density at radius 3 is 2.46 bits per heavy atom. The number of piperidine rings is 1. The minimum atomic E-state index is -3.69. The molecule has 0 radical (unpaired) electrons. The van der Waals surface area contributed by atoms with Crippen LogP contribution in [-0.4, -0.2) is 27.5 Å². The van der Waals surface area contributed by atoms with Crippen LogP contribution in [0.15, 0.2) is 42.5 Å². The molecule has 2 N–H and O–H groups in total. The largest absolute Gasteiger partial charge is 0.315 e. The van der Waals surface area contributed by atoms with Crippen molar-refractivity contribution >= 4 is 10.0 Å². The maximum absolute atomic E-state index is 13.6. The number of rotatable bonds is 5. The van der Waals surface area contributed by atoms with Gasteiger partial charge in [-0.1, -0.05) is 18.2 Å². The van der Waals surface area contributed by atoms with Crippen LogP contribution in [-0.2, 0) is 15.8 Å². The predicted octanol–water partition coefficient (Wildman–Crippen LogP) is 2.67. The molecule has 0 aliphatic carbocycles. The van der Waals surface area contributed by atoms with E-state index >= 15 is 0 Å². The lowest BCUT2D eigenvalue weighted by molar-refractivity contribution is 0.376. The molecule has 26 heavy (non-hydrogen) atoms. The van der Waals surface area contributed by atoms with Crippen LogP contribution in [0.2, 0.25) is 0 Å². The molecule has 2 aromatic carbocycles. The van der Waals surface area contributed by atoms with Gasteiger partial charge in [0.15, 0.2) is 11.6 Å². The lowest BCUT2D eigenvalue weighted by atomic mass is 9.86. The van der Waals surface area contributed by atoms with Crippen molar-refractivity contribution in [1.29, 1.82) is 0 Å². The van der Waals surface area contributed by atoms with Crippen LogP contribution >= 0.6 is 0 Å². The summed E-state index contributed by atoms with van der Waals surface area (Å²) in [6, 6.07) is 8.41. The van der Waals surface area contributed by atoms with E-state index in [4.69, 9.17) is 0 Å². The van der Waals surface area contributed by atoms with E-state index < -0.39 is 33.5 Å². The summed E-state index contributed by atoms with van der Waals surface area (Å²) >= 11 is 0. The summed E-state index contributed by atoms with van der Waals surface area (Å²) in [4.78, 5) is 0. The number of halogens is 3. The fraction of sp³-hybridized carbons (Fsp3) is 0.333. The molecule has 2 aromatic rings. The van der Waals surface area contributed by atoms with E-state index in [1.807, 2.05) is 0 Å². The molecular weight excluding hydrogens is 365 g/mol. The summed E-state index contributed by atoms with van der Waals surface area (Å²) in [6.07, 6.45) is 0.592. The Bertz CT molecular complexity index is 873. The van der Waals surface area contributed by atoms with Gasteiger partial charge >= 0.3 is 0 Å². The SMILES string of the molecule is O=S(=O)(Cc1ccc(F)cc1)NC1CNCCC1c1ccc(F)c(F)c1. The van der Waals surface area contributed by atoms with Crippen molar-refractivity contribution in [3.05, 3.63) is 71.0 Å². The van der Waals surface area contributed by atoms with Crippen molar-refractivity contribution < 1.29 is 21.6 Å². The Morgan fingerprint density at radius 1 is 1.04 bits per heavy atom. The van der Waals surface area contributed by atoms with Gasteiger partial charge in [0.25, 0.3) is 0 Å². The molecule has 4 nitrogen and oxygen atoms in total. The van der Waals surface area contributed by atoms with Crippen molar-refractivity contribution in [1.82, 2.24) is 10.0 Å². The topological polar surface area (TPSA) is 58.2 Å². The van der Waals surface area contributed by atoms with Gasteiger partial charge in [-0.25, -0.2) is 26.3 Å². The molecule has 1 saturated heterocycles. The Hall–Kier alpha value is -1.90. The zero-order valence-electron chi connectivity index (χ0n) is 13.9. The molecular formula is C18H19F3N2O2S. The molecule has 1 heterocycles. The molecule has 0 saturated carbocycles. The summed E-state index contributed by atoms with van der Waals surface area (Å²) in [5.74, 6) is -2.87. The normalized spacial score (nSPS) is 20.9. The second-order valence-electron chi connectivity index (χ2n) is 6.38. The second-order valence-corrected chi connectivity index (χ2v) is 8.14. The minimum Gasteiger partial charge on any atom is -0.315 e. The molecule has 3 rings (SSSR count). The van der Waals surface area contributed by atoms with Gasteiger partial charge in [-0.05, 0) is 48.4 Å². The van der Waals surface area contributed by atoms with E-state index in [0.29, 0.717) is 30.6 Å². The lowest BCUT2D eigenvalue weighted by Gasteiger charge is -2.33. The zero-order chi connectivity index (χ0) is 18.7. The summed E-state index contributed by atoms with van der Waals surface area (Å²) in [5.41, 5.74) is 1.02. The third-order valence-corrected chi connectivity index (χ3v) is 5.83. The van der Waals surface area contributed by atoms with Gasteiger partial charge in [0.1, 0.15) is 5.82 Å². The van der Waals surface area contributed by atoms with Crippen molar-refractivity contribution in [2.24, 2.45) is 0 Å². The van der Waals surface area contributed by atoms with Gasteiger partial charge in [-0.3, -0.25) is 0 Å². The fourth-order valence-electron chi connectivity index (χ4n) is 3.20. The quantitative estimate of drug-likeness (QED) is 0.833. The van der Waals surface area contributed by atoms with E-state index in [0.717, 1.165) is 12.1 Å². The van der Waals surface area contributed by atoms with Gasteiger partial charge < -0.3 is 5.32 Å². The highest BCUT2D eigenvalue weighted by molar-refractivity contribution is 7.88. The third kappa shape index (κ3) is 4.63. The Morgan fingerprint density at radius 2 is 1.77 bits per heavy atom. The highest BCUT2D eigenvalue weighted by atomic mass is 32.2. The summed E-state index contributed by atoms with van der Waals surface area (Å²) < 4.78 is 67.3. The fourth-order valence-corrected chi connectivity index (χ4v) is 4.62. The first-order valence-electron chi connectivity index (χ1n) is 8.24. The molecule has 140 valence electrons. The van der Waals surface area contributed by atoms with Crippen LogP contribution in [0, 0.1) is 17.5 Å². The van der Waals surface area contributed by atoms with E-state index in [1.54, 1.807) is 0 Å². The maximum atomic E-state index is 13.6. The van der Waals surface area contributed by atoms with Crippen molar-refractivity contribution in [2.45, 2.75) is 24.1 Å². The average Bonchev–Trinajstić information content (AvgIpc) is 2.59. The third-order valence-electron chi connectivity index (χ3n) is 4.45. The van der Waals surface area contributed by atoms with Gasteiger partial charge in [0.05, 0.1) is 5.75 Å². The van der Waals surface area contributed by atoms with Crippen LogP contribution in [0.4, 0.5) is 13.2 Å². The predicted molar refractivity (Wildman–Crippen MR) is 92.5 cm³/mol. The lowest BCUT2D eigenvalue weighted by Crippen LogP contribution is -2.50. The number of hydrogen-bond acceptors (Lipinski definition) is 3. The highest BCUT2D eigenvalue weighted by Crippen LogP contribution is 2.27. The van der Waals surface area contributed by atoms with E-state index in [2.05, 4.69) is 10.0 Å². The first kappa shape index (κ1) is 18.9. The van der Waals surface area contributed by atoms with Crippen molar-refractivity contribution in [3.63, 3.8) is 0 Å². The smallest absolute Gasteiger partial charge is 0.216 e. The van der Waals surface area contributed by atoms with Crippen molar-refractivity contribution in [2.75, 3.05) is 13.1 Å². The standard InChI is InChI=1S/C18H19F3N2O2S/c19-14-4-1-12(2-5-14)11-26(24,25)23-18-10-22-8-7-15(18)13-3-6-16(20)17(21)9-13/h1-6,9,15,18,22-23H,7-8,10-11H2. The number of hydrogen-bond donors (Lipinski definition) is 2. The molecule has 2 unspecified atom stereocenters. The monoisotopic (exact) mass is 384 g/mol. The first-order chi connectivity index (χ1) is 12.3. The molecule has 1 aliphatic heterocycles. The van der Waals surface area contributed by atoms with E-state index in [9.17, 15) is 21.6 Å². The van der Waals surface area contributed by atoms with Crippen LogP contribution in [0.1, 0.15) is 23.5 Å².